The lowest BCUT2D eigenvalue weighted by atomic mass is 9.92. The molecule has 0 spiro atoms. The van der Waals surface area contributed by atoms with Crippen molar-refractivity contribution in [3.8, 4) is 16.9 Å². The number of halogens is 1. The summed E-state index contributed by atoms with van der Waals surface area (Å²) < 4.78 is 0. The van der Waals surface area contributed by atoms with E-state index in [1.54, 1.807) is 18.3 Å². The Hall–Kier alpha value is -2.37. The molecule has 2 aromatic carbocycles. The summed E-state index contributed by atoms with van der Waals surface area (Å²) in [5.74, 6) is 0.738. The minimum atomic E-state index is 0.152. The van der Waals surface area contributed by atoms with E-state index in [9.17, 15) is 5.11 Å². The third-order valence-corrected chi connectivity index (χ3v) is 5.30. The molecule has 1 aliphatic rings. The number of nitrogens with zero attached hydrogens (tertiary/aromatic N) is 2. The second-order valence-electron chi connectivity index (χ2n) is 6.86. The van der Waals surface area contributed by atoms with Gasteiger partial charge in [-0.1, -0.05) is 29.8 Å². The van der Waals surface area contributed by atoms with Crippen LogP contribution in [0.2, 0.25) is 5.02 Å². The van der Waals surface area contributed by atoms with Gasteiger partial charge in [0.1, 0.15) is 5.75 Å². The van der Waals surface area contributed by atoms with Crippen molar-refractivity contribution >= 4 is 28.5 Å². The predicted octanol–water partition coefficient (Wildman–Crippen LogP) is 4.34. The molecule has 0 atom stereocenters. The third-order valence-electron chi connectivity index (χ3n) is 4.97. The number of aromatic hydroxyl groups is 1. The lowest BCUT2D eigenvalue weighted by Crippen LogP contribution is -2.33. The Morgan fingerprint density at radius 1 is 1.08 bits per heavy atom. The first-order valence-electron chi connectivity index (χ1n) is 8.87. The van der Waals surface area contributed by atoms with E-state index in [0.29, 0.717) is 34.1 Å². The summed E-state index contributed by atoms with van der Waals surface area (Å²) in [6.07, 6.45) is 5.87. The number of aromatic nitrogens is 2. The highest BCUT2D eigenvalue weighted by Gasteiger charge is 2.19. The van der Waals surface area contributed by atoms with Crippen molar-refractivity contribution in [2.24, 2.45) is 5.73 Å². The van der Waals surface area contributed by atoms with Crippen LogP contribution in [-0.2, 0) is 0 Å². The molecule has 5 nitrogen and oxygen atoms in total. The molecule has 0 amide bonds. The number of phenols is 1. The summed E-state index contributed by atoms with van der Waals surface area (Å²) in [6.45, 7) is 0. The molecule has 0 unspecified atom stereocenters. The van der Waals surface area contributed by atoms with Crippen LogP contribution in [-0.4, -0.2) is 27.2 Å². The van der Waals surface area contributed by atoms with Gasteiger partial charge in [0, 0.05) is 45.9 Å². The van der Waals surface area contributed by atoms with Gasteiger partial charge in [-0.15, -0.1) is 0 Å². The number of anilines is 1. The topological polar surface area (TPSA) is 84.1 Å². The molecular formula is C20H21ClN4O. The zero-order valence-corrected chi connectivity index (χ0v) is 15.1. The number of hydrogen-bond acceptors (Lipinski definition) is 5. The van der Waals surface area contributed by atoms with Crippen molar-refractivity contribution in [1.82, 2.24) is 9.97 Å². The van der Waals surface area contributed by atoms with Crippen LogP contribution in [0.5, 0.6) is 5.75 Å². The Labute approximate surface area is 157 Å². The van der Waals surface area contributed by atoms with Gasteiger partial charge in [0.15, 0.2) is 0 Å². The van der Waals surface area contributed by atoms with Crippen molar-refractivity contribution in [1.29, 1.82) is 0 Å². The average Bonchev–Trinajstić information content (AvgIpc) is 2.64. The summed E-state index contributed by atoms with van der Waals surface area (Å²) in [6, 6.07) is 11.6. The highest BCUT2D eigenvalue weighted by Crippen LogP contribution is 2.36. The molecule has 1 aliphatic carbocycles. The monoisotopic (exact) mass is 368 g/mol. The zero-order valence-electron chi connectivity index (χ0n) is 14.3. The summed E-state index contributed by atoms with van der Waals surface area (Å²) in [7, 11) is 0. The fourth-order valence-corrected chi connectivity index (χ4v) is 3.72. The van der Waals surface area contributed by atoms with Crippen LogP contribution in [0.15, 0.2) is 42.6 Å². The van der Waals surface area contributed by atoms with Gasteiger partial charge in [-0.3, -0.25) is 0 Å². The molecule has 26 heavy (non-hydrogen) atoms. The maximum Gasteiger partial charge on any atom is 0.223 e. The number of hydrogen-bond donors (Lipinski definition) is 3. The molecule has 1 saturated carbocycles. The Kier molecular flexibility index (Phi) is 4.66. The van der Waals surface area contributed by atoms with Gasteiger partial charge in [-0.2, -0.15) is 0 Å². The van der Waals surface area contributed by atoms with E-state index >= 15 is 0 Å². The first kappa shape index (κ1) is 17.1. The van der Waals surface area contributed by atoms with Crippen molar-refractivity contribution in [2.75, 3.05) is 5.32 Å². The third kappa shape index (κ3) is 3.45. The van der Waals surface area contributed by atoms with E-state index in [1.807, 2.05) is 24.3 Å². The number of fused-ring (bicyclic) bond motifs is 1. The molecule has 1 aromatic heterocycles. The maximum atomic E-state index is 10.5. The minimum Gasteiger partial charge on any atom is -0.507 e. The van der Waals surface area contributed by atoms with E-state index in [4.69, 9.17) is 17.3 Å². The molecule has 4 rings (SSSR count). The van der Waals surface area contributed by atoms with Crippen molar-refractivity contribution < 1.29 is 5.11 Å². The van der Waals surface area contributed by atoms with E-state index in [0.717, 1.165) is 36.6 Å². The summed E-state index contributed by atoms with van der Waals surface area (Å²) in [4.78, 5) is 9.00. The van der Waals surface area contributed by atoms with Crippen molar-refractivity contribution in [3.63, 3.8) is 0 Å². The second-order valence-corrected chi connectivity index (χ2v) is 7.26. The number of nitrogens with two attached hydrogens (primary N) is 1. The summed E-state index contributed by atoms with van der Waals surface area (Å²) in [5, 5.41) is 15.3. The molecular weight excluding hydrogens is 348 g/mol. The fraction of sp³-hybridized carbons (Fsp3) is 0.300. The van der Waals surface area contributed by atoms with Crippen molar-refractivity contribution in [2.45, 2.75) is 37.8 Å². The smallest absolute Gasteiger partial charge is 0.223 e. The SMILES string of the molecule is N[C@H]1CC[C@H](Nc2ncc3cc(-c4ccccc4Cl)c(O)cc3n2)CC1. The molecule has 0 saturated heterocycles. The molecule has 1 fully saturated rings. The highest BCUT2D eigenvalue weighted by atomic mass is 35.5. The van der Waals surface area contributed by atoms with Gasteiger partial charge in [-0.05, 0) is 37.8 Å². The van der Waals surface area contributed by atoms with E-state index < -0.39 is 0 Å². The minimum absolute atomic E-state index is 0.152. The summed E-state index contributed by atoms with van der Waals surface area (Å²) in [5.41, 5.74) is 8.12. The number of benzene rings is 2. The molecule has 0 bridgehead atoms. The normalized spacial score (nSPS) is 20.2. The van der Waals surface area contributed by atoms with E-state index in [-0.39, 0.29) is 5.75 Å². The van der Waals surface area contributed by atoms with Gasteiger partial charge in [-0.25, -0.2) is 9.97 Å². The van der Waals surface area contributed by atoms with Gasteiger partial charge in [0.25, 0.3) is 0 Å². The standard InChI is InChI=1S/C20H21ClN4O/c21-17-4-2-1-3-15(17)16-9-12-11-23-20(25-18(12)10-19(16)26)24-14-7-5-13(22)6-8-14/h1-4,9-11,13-14,26H,5-8,22H2,(H,23,24,25)/t13-,14-. The lowest BCUT2D eigenvalue weighted by molar-refractivity contribution is 0.410. The molecule has 134 valence electrons. The summed E-state index contributed by atoms with van der Waals surface area (Å²) >= 11 is 6.26. The molecule has 4 N–H and O–H groups in total. The van der Waals surface area contributed by atoms with Crippen LogP contribution >= 0.6 is 11.6 Å². The molecule has 0 aliphatic heterocycles. The van der Waals surface area contributed by atoms with Crippen molar-refractivity contribution in [3.05, 3.63) is 47.6 Å². The zero-order chi connectivity index (χ0) is 18.1. The number of phenolic OH excluding ortho intramolecular Hbond substituents is 1. The largest absolute Gasteiger partial charge is 0.507 e. The predicted molar refractivity (Wildman–Crippen MR) is 106 cm³/mol. The van der Waals surface area contributed by atoms with E-state index in [2.05, 4.69) is 15.3 Å². The van der Waals surface area contributed by atoms with Crippen LogP contribution in [0.3, 0.4) is 0 Å². The first-order chi connectivity index (χ1) is 12.6. The Morgan fingerprint density at radius 2 is 1.85 bits per heavy atom. The van der Waals surface area contributed by atoms with Crippen LogP contribution in [0, 0.1) is 0 Å². The second kappa shape index (κ2) is 7.09. The lowest BCUT2D eigenvalue weighted by Gasteiger charge is -2.26. The maximum absolute atomic E-state index is 10.5. The Balaban J connectivity index is 1.63. The van der Waals surface area contributed by atoms with Gasteiger partial charge in [0.2, 0.25) is 5.95 Å². The first-order valence-corrected chi connectivity index (χ1v) is 9.25. The number of nitrogens with one attached hydrogen (secondary N) is 1. The fourth-order valence-electron chi connectivity index (χ4n) is 3.48. The molecule has 0 radical (unpaired) electrons. The number of rotatable bonds is 3. The van der Waals surface area contributed by atoms with Crippen LogP contribution < -0.4 is 11.1 Å². The molecule has 3 aromatic rings. The van der Waals surface area contributed by atoms with Gasteiger partial charge in [0.05, 0.1) is 5.52 Å². The van der Waals surface area contributed by atoms with Crippen LogP contribution in [0.1, 0.15) is 25.7 Å². The Bertz CT molecular complexity index is 938. The van der Waals surface area contributed by atoms with E-state index in [1.165, 1.54) is 0 Å². The van der Waals surface area contributed by atoms with Crippen LogP contribution in [0.25, 0.3) is 22.0 Å². The quantitative estimate of drug-likeness (QED) is 0.640. The van der Waals surface area contributed by atoms with Gasteiger partial charge >= 0.3 is 0 Å². The highest BCUT2D eigenvalue weighted by molar-refractivity contribution is 6.33. The molecule has 6 heteroatoms. The van der Waals surface area contributed by atoms with Crippen LogP contribution in [0.4, 0.5) is 5.95 Å². The Morgan fingerprint density at radius 3 is 2.62 bits per heavy atom. The van der Waals surface area contributed by atoms with Gasteiger partial charge < -0.3 is 16.2 Å². The average molecular weight is 369 g/mol. The molecule has 1 heterocycles.